The van der Waals surface area contributed by atoms with Gasteiger partial charge in [-0.15, -0.1) is 0 Å². The summed E-state index contributed by atoms with van der Waals surface area (Å²) < 4.78 is 76.4. The Labute approximate surface area is 240 Å². The van der Waals surface area contributed by atoms with E-state index in [0.29, 0.717) is 65.4 Å². The van der Waals surface area contributed by atoms with E-state index in [9.17, 15) is 35.9 Å². The van der Waals surface area contributed by atoms with E-state index in [1.54, 1.807) is 9.80 Å². The largest absolute Gasteiger partial charge is 0.416 e. The van der Waals surface area contributed by atoms with Crippen LogP contribution in [0, 0.1) is 0 Å². The maximum atomic E-state index is 12.7. The topological polar surface area (TPSA) is 71.2 Å². The van der Waals surface area contributed by atoms with Crippen molar-refractivity contribution < 1.29 is 35.9 Å². The van der Waals surface area contributed by atoms with E-state index >= 15 is 0 Å². The van der Waals surface area contributed by atoms with Gasteiger partial charge < -0.3 is 20.4 Å². The molecule has 2 saturated heterocycles. The van der Waals surface area contributed by atoms with Gasteiger partial charge in [0, 0.05) is 78.5 Å². The van der Waals surface area contributed by atoms with Crippen LogP contribution in [0.5, 0.6) is 0 Å². The third-order valence-corrected chi connectivity index (χ3v) is 7.37. The SMILES string of the molecule is O=C(NCCNC(=O)N1CCN(Cc2ccc(C(F)(F)F)cc2)CC1)N1CCN(Cc2ccc(C(F)(F)F)cc2)CC1. The van der Waals surface area contributed by atoms with Gasteiger partial charge in [-0.2, -0.15) is 26.3 Å². The fourth-order valence-corrected chi connectivity index (χ4v) is 4.90. The molecule has 2 aliphatic heterocycles. The Morgan fingerprint density at radius 1 is 0.548 bits per heavy atom. The molecule has 2 heterocycles. The normalized spacial score (nSPS) is 17.3. The number of hydrogen-bond acceptors (Lipinski definition) is 4. The Bertz CT molecular complexity index is 1080. The van der Waals surface area contributed by atoms with Gasteiger partial charge in [-0.3, -0.25) is 9.80 Å². The Balaban J connectivity index is 1.08. The molecule has 2 aliphatic rings. The van der Waals surface area contributed by atoms with Crippen molar-refractivity contribution in [3.8, 4) is 0 Å². The number of carbonyl (C=O) groups is 2. The van der Waals surface area contributed by atoms with E-state index in [-0.39, 0.29) is 25.2 Å². The van der Waals surface area contributed by atoms with Crippen LogP contribution in [0.2, 0.25) is 0 Å². The van der Waals surface area contributed by atoms with Gasteiger partial charge in [-0.25, -0.2) is 9.59 Å². The van der Waals surface area contributed by atoms with Crippen LogP contribution in [0.25, 0.3) is 0 Å². The first kappa shape index (κ1) is 31.4. The average Bonchev–Trinajstić information content (AvgIpc) is 2.95. The molecule has 2 aromatic rings. The number of alkyl halides is 6. The van der Waals surface area contributed by atoms with Crippen molar-refractivity contribution in [3.63, 3.8) is 0 Å². The molecule has 4 rings (SSSR count). The molecule has 0 radical (unpaired) electrons. The van der Waals surface area contributed by atoms with Crippen LogP contribution >= 0.6 is 0 Å². The van der Waals surface area contributed by atoms with Crippen molar-refractivity contribution in [1.29, 1.82) is 0 Å². The first-order valence-corrected chi connectivity index (χ1v) is 13.7. The van der Waals surface area contributed by atoms with Crippen molar-refractivity contribution in [2.24, 2.45) is 0 Å². The fourth-order valence-electron chi connectivity index (χ4n) is 4.90. The second-order valence-corrected chi connectivity index (χ2v) is 10.4. The molecule has 4 amide bonds. The number of rotatable bonds is 7. The molecular weight excluding hydrogens is 566 g/mol. The van der Waals surface area contributed by atoms with E-state index in [1.807, 2.05) is 0 Å². The summed E-state index contributed by atoms with van der Waals surface area (Å²) in [5.41, 5.74) is 0.192. The molecule has 8 nitrogen and oxygen atoms in total. The molecule has 2 fully saturated rings. The van der Waals surface area contributed by atoms with E-state index in [2.05, 4.69) is 20.4 Å². The predicted octanol–water partition coefficient (Wildman–Crippen LogP) is 4.08. The highest BCUT2D eigenvalue weighted by molar-refractivity contribution is 5.75. The van der Waals surface area contributed by atoms with E-state index in [4.69, 9.17) is 0 Å². The van der Waals surface area contributed by atoms with E-state index < -0.39 is 23.5 Å². The molecule has 230 valence electrons. The summed E-state index contributed by atoms with van der Waals surface area (Å²) in [5.74, 6) is 0. The van der Waals surface area contributed by atoms with Crippen LogP contribution in [0.1, 0.15) is 22.3 Å². The average molecular weight is 601 g/mol. The smallest absolute Gasteiger partial charge is 0.336 e. The lowest BCUT2D eigenvalue weighted by molar-refractivity contribution is -0.138. The molecule has 0 spiro atoms. The first-order chi connectivity index (χ1) is 19.9. The molecule has 42 heavy (non-hydrogen) atoms. The standard InChI is InChI=1S/C28H34F6N6O2/c29-27(30,31)23-5-1-21(2-6-23)19-37-11-15-39(16-12-37)25(41)35-9-10-36-26(42)40-17-13-38(14-18-40)20-22-3-7-24(8-4-22)28(32,33)34/h1-8H,9-20H2,(H,35,41)(H,36,42). The maximum Gasteiger partial charge on any atom is 0.416 e. The summed E-state index contributed by atoms with van der Waals surface area (Å²) in [7, 11) is 0. The Morgan fingerprint density at radius 2 is 0.857 bits per heavy atom. The molecule has 0 saturated carbocycles. The third kappa shape index (κ3) is 8.99. The van der Waals surface area contributed by atoms with Crippen molar-refractivity contribution >= 4 is 12.1 Å². The Kier molecular flexibility index (Phi) is 10.2. The van der Waals surface area contributed by atoms with E-state index in [0.717, 1.165) is 35.4 Å². The van der Waals surface area contributed by atoms with Gasteiger partial charge >= 0.3 is 24.4 Å². The zero-order valence-corrected chi connectivity index (χ0v) is 23.0. The minimum atomic E-state index is -4.36. The van der Waals surface area contributed by atoms with Gasteiger partial charge in [0.1, 0.15) is 0 Å². The Morgan fingerprint density at radius 3 is 1.14 bits per heavy atom. The highest BCUT2D eigenvalue weighted by Gasteiger charge is 2.31. The predicted molar refractivity (Wildman–Crippen MR) is 143 cm³/mol. The summed E-state index contributed by atoms with van der Waals surface area (Å²) in [6.45, 7) is 5.81. The third-order valence-electron chi connectivity index (χ3n) is 7.37. The first-order valence-electron chi connectivity index (χ1n) is 13.7. The molecule has 0 bridgehead atoms. The number of benzene rings is 2. The van der Waals surface area contributed by atoms with Gasteiger partial charge in [0.25, 0.3) is 0 Å². The van der Waals surface area contributed by atoms with Gasteiger partial charge in [0.05, 0.1) is 11.1 Å². The molecule has 0 aliphatic carbocycles. The quantitative estimate of drug-likeness (QED) is 0.372. The van der Waals surface area contributed by atoms with Crippen LogP contribution in [-0.4, -0.2) is 97.1 Å². The number of nitrogens with zero attached hydrogens (tertiary/aromatic N) is 4. The minimum Gasteiger partial charge on any atom is -0.336 e. The number of carbonyl (C=O) groups excluding carboxylic acids is 2. The second kappa shape index (κ2) is 13.6. The van der Waals surface area contributed by atoms with Crippen LogP contribution in [0.3, 0.4) is 0 Å². The number of halogens is 6. The van der Waals surface area contributed by atoms with Gasteiger partial charge in [0.15, 0.2) is 0 Å². The van der Waals surface area contributed by atoms with Gasteiger partial charge in [-0.05, 0) is 35.4 Å². The summed E-state index contributed by atoms with van der Waals surface area (Å²) in [6.07, 6.45) is -8.72. The van der Waals surface area contributed by atoms with Crippen LogP contribution in [0.4, 0.5) is 35.9 Å². The van der Waals surface area contributed by atoms with Crippen LogP contribution in [0.15, 0.2) is 48.5 Å². The maximum absolute atomic E-state index is 12.7. The highest BCUT2D eigenvalue weighted by atomic mass is 19.4. The number of amides is 4. The molecule has 0 atom stereocenters. The molecule has 0 unspecified atom stereocenters. The van der Waals surface area contributed by atoms with Crippen LogP contribution in [-0.2, 0) is 25.4 Å². The van der Waals surface area contributed by atoms with Crippen LogP contribution < -0.4 is 10.6 Å². The lowest BCUT2D eigenvalue weighted by Gasteiger charge is -2.35. The van der Waals surface area contributed by atoms with Gasteiger partial charge in [-0.1, -0.05) is 24.3 Å². The summed E-state index contributed by atoms with van der Waals surface area (Å²) in [4.78, 5) is 32.5. The molecule has 2 N–H and O–H groups in total. The van der Waals surface area contributed by atoms with Crippen molar-refractivity contribution in [2.75, 3.05) is 65.4 Å². The van der Waals surface area contributed by atoms with E-state index in [1.165, 1.54) is 24.3 Å². The number of hydrogen-bond donors (Lipinski definition) is 2. The summed E-state index contributed by atoms with van der Waals surface area (Å²) >= 11 is 0. The lowest BCUT2D eigenvalue weighted by Crippen LogP contribution is -2.53. The minimum absolute atomic E-state index is 0.240. The number of piperazine rings is 2. The summed E-state index contributed by atoms with van der Waals surface area (Å²) in [5, 5.41) is 5.59. The monoisotopic (exact) mass is 600 g/mol. The number of nitrogens with one attached hydrogen (secondary N) is 2. The molecule has 2 aromatic carbocycles. The van der Waals surface area contributed by atoms with Crippen molar-refractivity contribution in [1.82, 2.24) is 30.2 Å². The zero-order chi connectivity index (χ0) is 30.3. The number of urea groups is 2. The Hall–Kier alpha value is -3.52. The molecule has 14 heteroatoms. The zero-order valence-electron chi connectivity index (χ0n) is 23.0. The molecule has 0 aromatic heterocycles. The van der Waals surface area contributed by atoms with Crippen molar-refractivity contribution in [3.05, 3.63) is 70.8 Å². The second-order valence-electron chi connectivity index (χ2n) is 10.4. The lowest BCUT2D eigenvalue weighted by atomic mass is 10.1. The fraction of sp³-hybridized carbons (Fsp3) is 0.500. The summed E-state index contributed by atoms with van der Waals surface area (Å²) in [6, 6.07) is 9.70. The van der Waals surface area contributed by atoms with Gasteiger partial charge in [0.2, 0.25) is 0 Å². The highest BCUT2D eigenvalue weighted by Crippen LogP contribution is 2.30. The van der Waals surface area contributed by atoms with Crippen molar-refractivity contribution in [2.45, 2.75) is 25.4 Å². The molecular formula is C28H34F6N6O2.